The Morgan fingerprint density at radius 3 is 2.33 bits per heavy atom. The van der Waals surface area contributed by atoms with Gasteiger partial charge in [-0.2, -0.15) is 0 Å². The van der Waals surface area contributed by atoms with E-state index < -0.39 is 5.97 Å². The molecule has 1 aromatic rings. The van der Waals surface area contributed by atoms with Crippen molar-refractivity contribution in [1.29, 1.82) is 0 Å². The van der Waals surface area contributed by atoms with Gasteiger partial charge in [-0.25, -0.2) is 4.79 Å². The van der Waals surface area contributed by atoms with Crippen LogP contribution in [-0.4, -0.2) is 29.8 Å². The van der Waals surface area contributed by atoms with E-state index in [-0.39, 0.29) is 23.8 Å². The molecule has 0 unspecified atom stereocenters. The number of halogens is 1. The molecule has 98 valence electrons. The van der Waals surface area contributed by atoms with E-state index in [4.69, 9.17) is 9.47 Å². The number of alkyl halides is 1. The number of hydrogen-bond donors (Lipinski definition) is 0. The minimum Gasteiger partial charge on any atom is -0.482 e. The molecule has 1 aromatic carbocycles. The summed E-state index contributed by atoms with van der Waals surface area (Å²) in [6, 6.07) is 6.62. The van der Waals surface area contributed by atoms with Gasteiger partial charge in [0.05, 0.1) is 11.4 Å². The summed E-state index contributed by atoms with van der Waals surface area (Å²) in [7, 11) is 0. The number of esters is 1. The van der Waals surface area contributed by atoms with Crippen molar-refractivity contribution in [3.63, 3.8) is 0 Å². The molecule has 0 atom stereocenters. The first kappa shape index (κ1) is 14.7. The highest BCUT2D eigenvalue weighted by Crippen LogP contribution is 2.13. The normalized spacial score (nSPS) is 10.2. The van der Waals surface area contributed by atoms with E-state index >= 15 is 0 Å². The molecule has 0 aromatic heterocycles. The number of Topliss-reactive ketones (excluding diaryl/α,β-unsaturated/α-hetero) is 1. The molecule has 0 aliphatic carbocycles. The van der Waals surface area contributed by atoms with Crippen molar-refractivity contribution in [1.82, 2.24) is 0 Å². The lowest BCUT2D eigenvalue weighted by Gasteiger charge is -2.09. The number of rotatable bonds is 6. The van der Waals surface area contributed by atoms with Crippen LogP contribution in [0.25, 0.3) is 0 Å². The Hall–Kier alpha value is -1.36. The number of carbonyl (C=O) groups is 2. The second kappa shape index (κ2) is 7.16. The molecule has 5 heteroatoms. The minimum atomic E-state index is -0.411. The summed E-state index contributed by atoms with van der Waals surface area (Å²) in [5.41, 5.74) is 0.601. The topological polar surface area (TPSA) is 52.6 Å². The van der Waals surface area contributed by atoms with Gasteiger partial charge in [-0.15, -0.1) is 0 Å². The van der Waals surface area contributed by atoms with Crippen LogP contribution in [0.3, 0.4) is 0 Å². The van der Waals surface area contributed by atoms with Gasteiger partial charge in [0.2, 0.25) is 0 Å². The summed E-state index contributed by atoms with van der Waals surface area (Å²) in [6.45, 7) is 3.42. The zero-order valence-electron chi connectivity index (χ0n) is 10.3. The molecule has 0 spiro atoms. The number of benzene rings is 1. The van der Waals surface area contributed by atoms with Gasteiger partial charge >= 0.3 is 5.97 Å². The second-order valence-corrected chi connectivity index (χ2v) is 4.47. The first-order valence-electron chi connectivity index (χ1n) is 5.54. The second-order valence-electron chi connectivity index (χ2n) is 3.91. The van der Waals surface area contributed by atoms with Crippen LogP contribution in [0.5, 0.6) is 5.75 Å². The Kier molecular flexibility index (Phi) is 5.85. The zero-order chi connectivity index (χ0) is 13.5. The van der Waals surface area contributed by atoms with Crippen LogP contribution in [0.15, 0.2) is 24.3 Å². The Labute approximate surface area is 114 Å². The summed E-state index contributed by atoms with van der Waals surface area (Å²) in [5.74, 6) is 0.119. The number of hydrogen-bond acceptors (Lipinski definition) is 4. The number of ketones is 1. The Bertz CT molecular complexity index is 412. The third-order valence-electron chi connectivity index (χ3n) is 2.02. The largest absolute Gasteiger partial charge is 0.482 e. The molecule has 1 rings (SSSR count). The standard InChI is InChI=1S/C13H15BrO4/c1-9(2)18-13(16)8-17-11-5-3-10(4-6-11)12(15)7-14/h3-6,9H,7-8H2,1-2H3. The van der Waals surface area contributed by atoms with E-state index in [1.54, 1.807) is 38.1 Å². The molecule has 0 aliphatic rings. The Balaban J connectivity index is 2.49. The SMILES string of the molecule is CC(C)OC(=O)COc1ccc(C(=O)CBr)cc1. The summed E-state index contributed by atoms with van der Waals surface area (Å²) in [5, 5.41) is 0.286. The van der Waals surface area contributed by atoms with Crippen molar-refractivity contribution in [2.24, 2.45) is 0 Å². The van der Waals surface area contributed by atoms with Gasteiger partial charge in [0.15, 0.2) is 12.4 Å². The number of ether oxygens (including phenoxy) is 2. The highest BCUT2D eigenvalue weighted by Gasteiger charge is 2.07. The van der Waals surface area contributed by atoms with Gasteiger partial charge in [-0.05, 0) is 38.1 Å². The lowest BCUT2D eigenvalue weighted by atomic mass is 10.1. The first-order valence-corrected chi connectivity index (χ1v) is 6.66. The van der Waals surface area contributed by atoms with Crippen LogP contribution in [-0.2, 0) is 9.53 Å². The van der Waals surface area contributed by atoms with E-state index in [9.17, 15) is 9.59 Å². The molecule has 0 heterocycles. The van der Waals surface area contributed by atoms with E-state index in [0.29, 0.717) is 11.3 Å². The van der Waals surface area contributed by atoms with Crippen molar-refractivity contribution in [3.05, 3.63) is 29.8 Å². The van der Waals surface area contributed by atoms with Crippen molar-refractivity contribution in [2.75, 3.05) is 11.9 Å². The summed E-state index contributed by atoms with van der Waals surface area (Å²) in [6.07, 6.45) is -0.153. The summed E-state index contributed by atoms with van der Waals surface area (Å²) < 4.78 is 10.2. The number of carbonyl (C=O) groups excluding carboxylic acids is 2. The van der Waals surface area contributed by atoms with Gasteiger partial charge in [-0.1, -0.05) is 15.9 Å². The molecule has 0 saturated carbocycles. The Morgan fingerprint density at radius 1 is 1.22 bits per heavy atom. The van der Waals surface area contributed by atoms with Gasteiger partial charge in [-0.3, -0.25) is 4.79 Å². The average Bonchev–Trinajstić information content (AvgIpc) is 2.35. The molecule has 0 amide bonds. The maximum atomic E-state index is 11.4. The quantitative estimate of drug-likeness (QED) is 0.460. The van der Waals surface area contributed by atoms with Gasteiger partial charge in [0, 0.05) is 5.56 Å². The molecule has 18 heavy (non-hydrogen) atoms. The van der Waals surface area contributed by atoms with Gasteiger partial charge in [0.1, 0.15) is 5.75 Å². The van der Waals surface area contributed by atoms with Crippen molar-refractivity contribution in [2.45, 2.75) is 20.0 Å². The lowest BCUT2D eigenvalue weighted by Crippen LogP contribution is -2.18. The van der Waals surface area contributed by atoms with E-state index in [1.165, 1.54) is 0 Å². The van der Waals surface area contributed by atoms with E-state index in [0.717, 1.165) is 0 Å². The van der Waals surface area contributed by atoms with Crippen LogP contribution >= 0.6 is 15.9 Å². The molecular weight excluding hydrogens is 300 g/mol. The van der Waals surface area contributed by atoms with Crippen LogP contribution in [0.2, 0.25) is 0 Å². The van der Waals surface area contributed by atoms with Crippen LogP contribution in [0.4, 0.5) is 0 Å². The fourth-order valence-corrected chi connectivity index (χ4v) is 1.58. The molecule has 0 radical (unpaired) electrons. The monoisotopic (exact) mass is 314 g/mol. The molecule has 0 N–H and O–H groups in total. The van der Waals surface area contributed by atoms with E-state index in [2.05, 4.69) is 15.9 Å². The van der Waals surface area contributed by atoms with Crippen molar-refractivity contribution < 1.29 is 19.1 Å². The molecule has 0 fully saturated rings. The third-order valence-corrected chi connectivity index (χ3v) is 2.53. The van der Waals surface area contributed by atoms with Crippen LogP contribution < -0.4 is 4.74 Å². The molecule has 4 nitrogen and oxygen atoms in total. The Morgan fingerprint density at radius 2 is 1.83 bits per heavy atom. The van der Waals surface area contributed by atoms with Crippen LogP contribution in [0, 0.1) is 0 Å². The summed E-state index contributed by atoms with van der Waals surface area (Å²) >= 11 is 3.10. The fourth-order valence-electron chi connectivity index (χ4n) is 1.25. The zero-order valence-corrected chi connectivity index (χ0v) is 11.9. The molecular formula is C13H15BrO4. The maximum Gasteiger partial charge on any atom is 0.344 e. The molecule has 0 aliphatic heterocycles. The van der Waals surface area contributed by atoms with Gasteiger partial charge in [0.25, 0.3) is 0 Å². The molecule has 0 bridgehead atoms. The predicted octanol–water partition coefficient (Wildman–Crippen LogP) is 2.59. The first-order chi connectivity index (χ1) is 8.52. The van der Waals surface area contributed by atoms with E-state index in [1.807, 2.05) is 0 Å². The fraction of sp³-hybridized carbons (Fsp3) is 0.385. The lowest BCUT2D eigenvalue weighted by molar-refractivity contribution is -0.149. The van der Waals surface area contributed by atoms with Gasteiger partial charge < -0.3 is 9.47 Å². The molecule has 0 saturated heterocycles. The smallest absolute Gasteiger partial charge is 0.344 e. The minimum absolute atomic E-state index is 0.000711. The maximum absolute atomic E-state index is 11.4. The van der Waals surface area contributed by atoms with Crippen LogP contribution in [0.1, 0.15) is 24.2 Å². The average molecular weight is 315 g/mol. The third kappa shape index (κ3) is 4.87. The highest BCUT2D eigenvalue weighted by molar-refractivity contribution is 9.09. The van der Waals surface area contributed by atoms with Crippen molar-refractivity contribution in [3.8, 4) is 5.75 Å². The highest BCUT2D eigenvalue weighted by atomic mass is 79.9. The van der Waals surface area contributed by atoms with Crippen molar-refractivity contribution >= 4 is 27.7 Å². The predicted molar refractivity (Wildman–Crippen MR) is 71.3 cm³/mol. The summed E-state index contributed by atoms with van der Waals surface area (Å²) in [4.78, 5) is 22.6.